The van der Waals surface area contributed by atoms with Gasteiger partial charge >= 0.3 is 0 Å². The maximum atomic E-state index is 13.4. The van der Waals surface area contributed by atoms with Crippen LogP contribution in [0.25, 0.3) is 10.8 Å². The lowest BCUT2D eigenvalue weighted by Crippen LogP contribution is -2.26. The van der Waals surface area contributed by atoms with Crippen LogP contribution in [-0.4, -0.2) is 25.6 Å². The molecule has 1 heterocycles. The van der Waals surface area contributed by atoms with Crippen molar-refractivity contribution in [1.82, 2.24) is 4.98 Å². The maximum Gasteiger partial charge on any atom is 0.255 e. The first-order chi connectivity index (χ1) is 15.2. The van der Waals surface area contributed by atoms with Crippen molar-refractivity contribution in [1.29, 1.82) is 0 Å². The van der Waals surface area contributed by atoms with Crippen LogP contribution < -0.4 is 9.62 Å². The lowest BCUT2D eigenvalue weighted by Gasteiger charge is -2.22. The van der Waals surface area contributed by atoms with Gasteiger partial charge in [-0.2, -0.15) is 0 Å². The predicted molar refractivity (Wildman–Crippen MR) is 119 cm³/mol. The van der Waals surface area contributed by atoms with E-state index in [9.17, 15) is 22.0 Å². The number of amides is 1. The van der Waals surface area contributed by atoms with E-state index >= 15 is 0 Å². The number of halogens is 2. The molecule has 1 amide bonds. The largest absolute Gasteiger partial charge is 0.322 e. The fraction of sp³-hybridized carbons (Fsp3) is 0.0435. The van der Waals surface area contributed by atoms with Crippen LogP contribution in [0.3, 0.4) is 0 Å². The van der Waals surface area contributed by atoms with Crippen LogP contribution in [0.1, 0.15) is 10.4 Å². The van der Waals surface area contributed by atoms with Crippen molar-refractivity contribution in [3.05, 3.63) is 96.2 Å². The number of carbonyl (C=O) groups excluding carboxylic acids is 1. The highest BCUT2D eigenvalue weighted by Gasteiger charge is 2.22. The Labute approximate surface area is 183 Å². The number of aromatic nitrogens is 1. The first kappa shape index (κ1) is 21.4. The Bertz CT molecular complexity index is 1440. The molecule has 0 aliphatic carbocycles. The molecule has 0 unspecified atom stereocenters. The Kier molecular flexibility index (Phi) is 5.58. The Morgan fingerprint density at radius 1 is 0.906 bits per heavy atom. The Hall–Kier alpha value is -3.85. The number of hydrogen-bond acceptors (Lipinski definition) is 4. The second kappa shape index (κ2) is 8.35. The zero-order valence-corrected chi connectivity index (χ0v) is 17.6. The van der Waals surface area contributed by atoms with Gasteiger partial charge in [0.2, 0.25) is 10.0 Å². The third-order valence-corrected chi connectivity index (χ3v) is 5.75. The number of pyridine rings is 1. The van der Waals surface area contributed by atoms with Crippen molar-refractivity contribution in [2.24, 2.45) is 0 Å². The summed E-state index contributed by atoms with van der Waals surface area (Å²) < 4.78 is 52.8. The van der Waals surface area contributed by atoms with Gasteiger partial charge in [0.1, 0.15) is 5.82 Å². The minimum atomic E-state index is -3.80. The molecule has 3 aromatic carbocycles. The zero-order valence-electron chi connectivity index (χ0n) is 16.8. The summed E-state index contributed by atoms with van der Waals surface area (Å²) in [5.74, 6) is -2.75. The van der Waals surface area contributed by atoms with E-state index in [1.165, 1.54) is 24.4 Å². The third-order valence-electron chi connectivity index (χ3n) is 4.69. The lowest BCUT2D eigenvalue weighted by molar-refractivity contribution is 0.102. The summed E-state index contributed by atoms with van der Waals surface area (Å²) in [5, 5.41) is 4.23. The van der Waals surface area contributed by atoms with Crippen molar-refractivity contribution in [3.8, 4) is 0 Å². The van der Waals surface area contributed by atoms with Gasteiger partial charge in [-0.25, -0.2) is 26.5 Å². The Morgan fingerprint density at radius 3 is 2.38 bits per heavy atom. The number of anilines is 3. The van der Waals surface area contributed by atoms with Crippen LogP contribution in [0.2, 0.25) is 0 Å². The van der Waals surface area contributed by atoms with Crippen LogP contribution >= 0.6 is 0 Å². The minimum absolute atomic E-state index is 0.0146. The zero-order chi connectivity index (χ0) is 22.9. The van der Waals surface area contributed by atoms with E-state index in [0.717, 1.165) is 33.5 Å². The SMILES string of the molecule is CS(=O)(=O)N(c1ccc2ccccc2c1)c1cc(C(=O)Nc2ccc(F)c(F)c2)ccn1. The first-order valence-corrected chi connectivity index (χ1v) is 11.3. The number of benzene rings is 3. The molecular weight excluding hydrogens is 436 g/mol. The van der Waals surface area contributed by atoms with Crippen molar-refractivity contribution in [2.75, 3.05) is 15.9 Å². The van der Waals surface area contributed by atoms with E-state index in [-0.39, 0.29) is 17.1 Å². The Morgan fingerprint density at radius 2 is 1.66 bits per heavy atom. The summed E-state index contributed by atoms with van der Waals surface area (Å²) in [6.45, 7) is 0. The van der Waals surface area contributed by atoms with Gasteiger partial charge < -0.3 is 5.32 Å². The smallest absolute Gasteiger partial charge is 0.255 e. The molecule has 0 saturated carbocycles. The van der Waals surface area contributed by atoms with Gasteiger partial charge in [0.15, 0.2) is 11.6 Å². The molecule has 0 atom stereocenters. The molecule has 0 fully saturated rings. The predicted octanol–water partition coefficient (Wildman–Crippen LogP) is 4.86. The molecule has 0 aliphatic heterocycles. The van der Waals surface area contributed by atoms with Gasteiger partial charge in [-0.3, -0.25) is 4.79 Å². The maximum absolute atomic E-state index is 13.4. The summed E-state index contributed by atoms with van der Waals surface area (Å²) in [7, 11) is -3.80. The topological polar surface area (TPSA) is 79.4 Å². The quantitative estimate of drug-likeness (QED) is 0.468. The van der Waals surface area contributed by atoms with Crippen molar-refractivity contribution in [2.45, 2.75) is 0 Å². The van der Waals surface area contributed by atoms with Crippen LogP contribution in [0, 0.1) is 11.6 Å². The summed E-state index contributed by atoms with van der Waals surface area (Å²) in [6, 6.07) is 18.3. The van der Waals surface area contributed by atoms with E-state index < -0.39 is 27.6 Å². The molecular formula is C23H17F2N3O3S. The van der Waals surface area contributed by atoms with Gasteiger partial charge in [-0.1, -0.05) is 30.3 Å². The normalized spacial score (nSPS) is 11.3. The van der Waals surface area contributed by atoms with Crippen molar-refractivity contribution < 1.29 is 22.0 Å². The van der Waals surface area contributed by atoms with Crippen LogP contribution in [0.15, 0.2) is 79.0 Å². The van der Waals surface area contributed by atoms with Crippen LogP contribution in [0.5, 0.6) is 0 Å². The average molecular weight is 453 g/mol. The second-order valence-corrected chi connectivity index (χ2v) is 8.88. The summed E-state index contributed by atoms with van der Waals surface area (Å²) >= 11 is 0. The molecule has 4 aromatic rings. The summed E-state index contributed by atoms with van der Waals surface area (Å²) in [4.78, 5) is 16.8. The second-order valence-electron chi connectivity index (χ2n) is 7.04. The highest BCUT2D eigenvalue weighted by atomic mass is 32.2. The number of fused-ring (bicyclic) bond motifs is 1. The molecule has 0 radical (unpaired) electrons. The number of nitrogens with zero attached hydrogens (tertiary/aromatic N) is 2. The van der Waals surface area contributed by atoms with Gasteiger partial charge in [0, 0.05) is 23.5 Å². The highest BCUT2D eigenvalue weighted by Crippen LogP contribution is 2.30. The number of hydrogen-bond donors (Lipinski definition) is 1. The van der Waals surface area contributed by atoms with E-state index in [4.69, 9.17) is 0 Å². The molecule has 4 rings (SSSR count). The van der Waals surface area contributed by atoms with Crippen LogP contribution in [-0.2, 0) is 10.0 Å². The number of sulfonamides is 1. The van der Waals surface area contributed by atoms with Crippen molar-refractivity contribution in [3.63, 3.8) is 0 Å². The summed E-state index contributed by atoms with van der Waals surface area (Å²) in [5.41, 5.74) is 0.507. The molecule has 6 nitrogen and oxygen atoms in total. The molecule has 32 heavy (non-hydrogen) atoms. The minimum Gasteiger partial charge on any atom is -0.322 e. The number of nitrogens with one attached hydrogen (secondary N) is 1. The van der Waals surface area contributed by atoms with E-state index in [2.05, 4.69) is 10.3 Å². The molecule has 162 valence electrons. The standard InChI is InChI=1S/C23H17F2N3O3S/c1-32(30,31)28(19-8-6-15-4-2-3-5-16(15)12-19)22-13-17(10-11-26-22)23(29)27-18-7-9-20(24)21(25)14-18/h2-14H,1H3,(H,27,29). The van der Waals surface area contributed by atoms with E-state index in [1.54, 1.807) is 18.2 Å². The third kappa shape index (κ3) is 4.42. The first-order valence-electron chi connectivity index (χ1n) is 9.44. The fourth-order valence-electron chi connectivity index (χ4n) is 3.24. The molecule has 1 N–H and O–H groups in total. The molecule has 0 saturated heterocycles. The van der Waals surface area contributed by atoms with Gasteiger partial charge in [-0.05, 0) is 47.2 Å². The monoisotopic (exact) mass is 453 g/mol. The van der Waals surface area contributed by atoms with Gasteiger partial charge in [-0.15, -0.1) is 0 Å². The average Bonchev–Trinajstić information content (AvgIpc) is 2.75. The van der Waals surface area contributed by atoms with E-state index in [1.807, 2.05) is 24.3 Å². The number of carbonyl (C=O) groups is 1. The summed E-state index contributed by atoms with van der Waals surface area (Å²) in [6.07, 6.45) is 2.34. The van der Waals surface area contributed by atoms with E-state index in [0.29, 0.717) is 5.69 Å². The number of rotatable bonds is 5. The molecule has 0 spiro atoms. The highest BCUT2D eigenvalue weighted by molar-refractivity contribution is 7.92. The fourth-order valence-corrected chi connectivity index (χ4v) is 4.18. The lowest BCUT2D eigenvalue weighted by atomic mass is 10.1. The molecule has 0 bridgehead atoms. The van der Waals surface area contributed by atoms with Crippen LogP contribution in [0.4, 0.5) is 26.0 Å². The molecule has 0 aliphatic rings. The van der Waals surface area contributed by atoms with Gasteiger partial charge in [0.25, 0.3) is 5.91 Å². The molecule has 9 heteroatoms. The van der Waals surface area contributed by atoms with Crippen molar-refractivity contribution >= 4 is 43.9 Å². The van der Waals surface area contributed by atoms with Gasteiger partial charge in [0.05, 0.1) is 11.9 Å². The molecule has 1 aromatic heterocycles. The Balaban J connectivity index is 1.70.